The summed E-state index contributed by atoms with van der Waals surface area (Å²) in [4.78, 5) is 26.8. The highest BCUT2D eigenvalue weighted by atomic mass is 32.2. The third kappa shape index (κ3) is 5.31. The lowest BCUT2D eigenvalue weighted by atomic mass is 9.77. The summed E-state index contributed by atoms with van der Waals surface area (Å²) in [6.45, 7) is 0.102. The zero-order valence-electron chi connectivity index (χ0n) is 24.4. The van der Waals surface area contributed by atoms with E-state index < -0.39 is 67.6 Å². The molecular formula is C33H30F5NO6S. The first-order valence-corrected chi connectivity index (χ1v) is 16.4. The summed E-state index contributed by atoms with van der Waals surface area (Å²) in [5.41, 5.74) is -0.501. The van der Waals surface area contributed by atoms with Crippen molar-refractivity contribution >= 4 is 21.7 Å². The summed E-state index contributed by atoms with van der Waals surface area (Å²) in [5.74, 6) is -5.12. The normalized spacial score (nSPS) is 24.6. The van der Waals surface area contributed by atoms with Gasteiger partial charge < -0.3 is 14.7 Å². The third-order valence-corrected chi connectivity index (χ3v) is 12.2. The van der Waals surface area contributed by atoms with Crippen LogP contribution < -0.4 is 4.74 Å². The van der Waals surface area contributed by atoms with Crippen molar-refractivity contribution in [2.45, 2.75) is 66.8 Å². The van der Waals surface area contributed by atoms with Crippen molar-refractivity contribution in [2.24, 2.45) is 11.8 Å². The van der Waals surface area contributed by atoms with E-state index >= 15 is 0 Å². The number of benzene rings is 3. The molecule has 1 amide bonds. The second kappa shape index (κ2) is 11.7. The Morgan fingerprint density at radius 2 is 1.59 bits per heavy atom. The van der Waals surface area contributed by atoms with Gasteiger partial charge in [0.25, 0.3) is 0 Å². The number of likely N-dealkylation sites (tertiary alicyclic amines) is 1. The quantitative estimate of drug-likeness (QED) is 0.228. The van der Waals surface area contributed by atoms with Crippen molar-refractivity contribution < 1.29 is 49.8 Å². The second-order valence-corrected chi connectivity index (χ2v) is 14.3. The maximum atomic E-state index is 14.6. The Kier molecular flexibility index (Phi) is 8.10. The Bertz CT molecular complexity index is 1790. The van der Waals surface area contributed by atoms with Gasteiger partial charge in [-0.05, 0) is 105 Å². The first-order chi connectivity index (χ1) is 21.7. The molecule has 3 aliphatic rings. The van der Waals surface area contributed by atoms with Crippen LogP contribution in [0.3, 0.4) is 0 Å². The predicted molar refractivity (Wildman–Crippen MR) is 155 cm³/mol. The number of sulfone groups is 1. The van der Waals surface area contributed by atoms with E-state index in [2.05, 4.69) is 0 Å². The maximum Gasteiger partial charge on any atom is 0.420 e. The molecule has 0 radical (unpaired) electrons. The Morgan fingerprint density at radius 1 is 0.913 bits per heavy atom. The van der Waals surface area contributed by atoms with E-state index in [9.17, 15) is 45.1 Å². The minimum atomic E-state index is -4.89. The van der Waals surface area contributed by atoms with Crippen LogP contribution in [0.15, 0.2) is 65.6 Å². The van der Waals surface area contributed by atoms with Crippen molar-refractivity contribution in [2.75, 3.05) is 6.54 Å². The van der Waals surface area contributed by atoms with Crippen LogP contribution in [0.5, 0.6) is 11.5 Å². The van der Waals surface area contributed by atoms with Crippen LogP contribution in [-0.4, -0.2) is 42.9 Å². The fraction of sp³-hybridized carbons (Fsp3) is 0.394. The molecule has 244 valence electrons. The summed E-state index contributed by atoms with van der Waals surface area (Å²) < 4.78 is 102. The number of aliphatic carboxylic acids is 1. The van der Waals surface area contributed by atoms with Crippen LogP contribution in [0.4, 0.5) is 22.0 Å². The van der Waals surface area contributed by atoms with Crippen LogP contribution in [-0.2, 0) is 36.8 Å². The van der Waals surface area contributed by atoms with Crippen LogP contribution in [0, 0.1) is 23.5 Å². The summed E-state index contributed by atoms with van der Waals surface area (Å²) in [7, 11) is -4.30. The van der Waals surface area contributed by atoms with Crippen molar-refractivity contribution in [3.63, 3.8) is 0 Å². The number of aryl methyl sites for hydroxylation is 1. The number of hydrogen-bond donors (Lipinski definition) is 1. The average molecular weight is 664 g/mol. The van der Waals surface area contributed by atoms with Crippen molar-refractivity contribution in [3.05, 3.63) is 89.0 Å². The molecular weight excluding hydrogens is 633 g/mol. The Labute approximate surface area is 261 Å². The first kappa shape index (κ1) is 32.0. The average Bonchev–Trinajstić information content (AvgIpc) is 3.43. The lowest BCUT2D eigenvalue weighted by Gasteiger charge is -2.43. The number of alkyl halides is 3. The molecule has 13 heteroatoms. The summed E-state index contributed by atoms with van der Waals surface area (Å²) in [6, 6.07) is 10.2. The molecule has 0 spiro atoms. The highest BCUT2D eigenvalue weighted by Crippen LogP contribution is 2.54. The molecule has 1 saturated carbocycles. The van der Waals surface area contributed by atoms with E-state index in [1.807, 2.05) is 0 Å². The molecule has 2 aliphatic carbocycles. The van der Waals surface area contributed by atoms with Gasteiger partial charge in [-0.2, -0.15) is 13.2 Å². The largest absolute Gasteiger partial charge is 0.481 e. The highest BCUT2D eigenvalue weighted by Gasteiger charge is 2.61. The number of para-hydroxylation sites is 1. The fourth-order valence-electron chi connectivity index (χ4n) is 7.43. The van der Waals surface area contributed by atoms with E-state index in [-0.39, 0.29) is 42.4 Å². The van der Waals surface area contributed by atoms with Gasteiger partial charge in [0.05, 0.1) is 16.9 Å². The number of carboxylic acids is 1. The number of ether oxygens (including phenoxy) is 1. The number of amides is 1. The van der Waals surface area contributed by atoms with E-state index in [0.717, 1.165) is 36.4 Å². The van der Waals surface area contributed by atoms with Crippen LogP contribution >= 0.6 is 0 Å². The molecule has 1 N–H and O–H groups in total. The molecule has 2 fully saturated rings. The zero-order valence-corrected chi connectivity index (χ0v) is 25.2. The molecule has 1 heterocycles. The number of fused-ring (bicyclic) bond motifs is 3. The van der Waals surface area contributed by atoms with Crippen molar-refractivity contribution in [1.82, 2.24) is 4.90 Å². The Hall–Kier alpha value is -4.00. The fourth-order valence-corrected chi connectivity index (χ4v) is 9.80. The lowest BCUT2D eigenvalue weighted by Crippen LogP contribution is -2.53. The number of carboxylic acid groups (broad SMARTS) is 1. The number of carbonyl (C=O) groups excluding carboxylic acids is 1. The highest BCUT2D eigenvalue weighted by molar-refractivity contribution is 7.92. The van der Waals surface area contributed by atoms with Gasteiger partial charge >= 0.3 is 12.1 Å². The SMILES string of the molecule is O=C(O)[C@H]1CC[C@H](C(=O)N2CC[C@@]3(S(=O)(=O)c4ccc(F)cc4)c4ccc(Oc5c(F)cccc5C(F)(F)F)cc4CC[C@@H]23)CC1. The topological polar surface area (TPSA) is 101 Å². The van der Waals surface area contributed by atoms with Gasteiger partial charge in [-0.3, -0.25) is 9.59 Å². The molecule has 3 aromatic carbocycles. The van der Waals surface area contributed by atoms with Gasteiger partial charge in [-0.25, -0.2) is 17.2 Å². The van der Waals surface area contributed by atoms with E-state index in [1.54, 1.807) is 4.90 Å². The number of carbonyl (C=O) groups is 2. The molecule has 2 atom stereocenters. The summed E-state index contributed by atoms with van der Waals surface area (Å²) >= 11 is 0. The van der Waals surface area contributed by atoms with Crippen molar-refractivity contribution in [3.8, 4) is 11.5 Å². The molecule has 0 unspecified atom stereocenters. The minimum Gasteiger partial charge on any atom is -0.481 e. The zero-order chi connectivity index (χ0) is 33.0. The van der Waals surface area contributed by atoms with Crippen LogP contribution in [0.2, 0.25) is 0 Å². The molecule has 3 aromatic rings. The summed E-state index contributed by atoms with van der Waals surface area (Å²) in [5, 5.41) is 9.37. The molecule has 6 rings (SSSR count). The van der Waals surface area contributed by atoms with E-state index in [0.29, 0.717) is 42.9 Å². The number of nitrogens with zero attached hydrogens (tertiary/aromatic N) is 1. The predicted octanol–water partition coefficient (Wildman–Crippen LogP) is 6.88. The van der Waals surface area contributed by atoms with Crippen molar-refractivity contribution in [1.29, 1.82) is 0 Å². The molecule has 0 bridgehead atoms. The van der Waals surface area contributed by atoms with Gasteiger partial charge in [-0.15, -0.1) is 0 Å². The minimum absolute atomic E-state index is 0.00628. The van der Waals surface area contributed by atoms with E-state index in [4.69, 9.17) is 4.74 Å². The van der Waals surface area contributed by atoms with Crippen LogP contribution in [0.25, 0.3) is 0 Å². The molecule has 7 nitrogen and oxygen atoms in total. The Morgan fingerprint density at radius 3 is 2.24 bits per heavy atom. The lowest BCUT2D eigenvalue weighted by molar-refractivity contribution is -0.146. The van der Waals surface area contributed by atoms with Gasteiger partial charge in [0.1, 0.15) is 21.9 Å². The molecule has 46 heavy (non-hydrogen) atoms. The molecule has 1 aliphatic heterocycles. The number of rotatable bonds is 6. The number of hydrogen-bond acceptors (Lipinski definition) is 5. The van der Waals surface area contributed by atoms with E-state index in [1.165, 1.54) is 18.2 Å². The van der Waals surface area contributed by atoms with Crippen LogP contribution in [0.1, 0.15) is 55.2 Å². The monoisotopic (exact) mass is 663 g/mol. The van der Waals surface area contributed by atoms with Gasteiger partial charge in [0, 0.05) is 12.5 Å². The maximum absolute atomic E-state index is 14.6. The van der Waals surface area contributed by atoms with Gasteiger partial charge in [0.15, 0.2) is 21.4 Å². The van der Waals surface area contributed by atoms with Gasteiger partial charge in [-0.1, -0.05) is 12.1 Å². The smallest absolute Gasteiger partial charge is 0.420 e. The standard InChI is InChI=1S/C33H30F5NO6S/c34-22-9-12-24(13-10-22)46(43,44)32-16-17-39(30(40)19-4-6-20(7-5-19)31(41)42)28(32)15-8-21-18-23(11-14-25(21)32)45-29-26(33(36,37)38)2-1-3-27(29)35/h1-3,9-14,18-20,28H,4-8,15-17H2,(H,41,42)/t19-,20-,28-,32-/m1/s1. The molecule has 0 aromatic heterocycles. The third-order valence-electron chi connectivity index (χ3n) is 9.66. The number of halogens is 5. The molecule has 1 saturated heterocycles. The summed E-state index contributed by atoms with van der Waals surface area (Å²) in [6.07, 6.45) is -3.03. The first-order valence-electron chi connectivity index (χ1n) is 14.9. The van der Waals surface area contributed by atoms with Gasteiger partial charge in [0.2, 0.25) is 5.91 Å². The Balaban J connectivity index is 1.40. The second-order valence-electron chi connectivity index (χ2n) is 12.1.